The summed E-state index contributed by atoms with van der Waals surface area (Å²) in [6.45, 7) is 0. The number of hydrogen-bond acceptors (Lipinski definition) is 4. The van der Waals surface area contributed by atoms with Crippen molar-refractivity contribution in [2.45, 2.75) is 5.75 Å². The van der Waals surface area contributed by atoms with Crippen LogP contribution in [0.2, 0.25) is 10.0 Å². The summed E-state index contributed by atoms with van der Waals surface area (Å²) in [5, 5.41) is 0.619. The highest BCUT2D eigenvalue weighted by atomic mass is 35.5. The Balaban J connectivity index is 2.15. The van der Waals surface area contributed by atoms with Gasteiger partial charge >= 0.3 is 5.97 Å². The number of rotatable bonds is 5. The molecular weight excluding hydrogens is 361 g/mol. The molecule has 5 nitrogen and oxygen atoms in total. The molecule has 0 amide bonds. The van der Waals surface area contributed by atoms with Crippen molar-refractivity contribution >= 4 is 44.9 Å². The zero-order chi connectivity index (χ0) is 17.0. The van der Waals surface area contributed by atoms with Gasteiger partial charge in [-0.05, 0) is 35.9 Å². The number of nitrogens with one attached hydrogen (secondary N) is 1. The molecule has 122 valence electrons. The predicted molar refractivity (Wildman–Crippen MR) is 90.5 cm³/mol. The maximum absolute atomic E-state index is 12.2. The quantitative estimate of drug-likeness (QED) is 0.810. The first kappa shape index (κ1) is 17.6. The first-order chi connectivity index (χ1) is 10.8. The lowest BCUT2D eigenvalue weighted by Crippen LogP contribution is -2.15. The molecule has 1 N–H and O–H groups in total. The molecule has 0 saturated carbocycles. The number of sulfonamides is 1. The number of ether oxygens (including phenoxy) is 1. The molecule has 0 aliphatic heterocycles. The van der Waals surface area contributed by atoms with Gasteiger partial charge in [0, 0.05) is 5.02 Å². The summed E-state index contributed by atoms with van der Waals surface area (Å²) in [5.41, 5.74) is 1.08. The number of carbonyl (C=O) groups is 1. The topological polar surface area (TPSA) is 72.5 Å². The number of methoxy groups -OCH3 is 1. The van der Waals surface area contributed by atoms with Crippen LogP contribution in [0.25, 0.3) is 0 Å². The van der Waals surface area contributed by atoms with Crippen LogP contribution in [0.3, 0.4) is 0 Å². The summed E-state index contributed by atoms with van der Waals surface area (Å²) >= 11 is 11.8. The fourth-order valence-electron chi connectivity index (χ4n) is 1.85. The minimum atomic E-state index is -3.67. The summed E-state index contributed by atoms with van der Waals surface area (Å²) in [6, 6.07) is 10.6. The van der Waals surface area contributed by atoms with Gasteiger partial charge in [0.15, 0.2) is 0 Å². The third-order valence-electron chi connectivity index (χ3n) is 2.93. The summed E-state index contributed by atoms with van der Waals surface area (Å²) in [5.74, 6) is -0.750. The molecule has 23 heavy (non-hydrogen) atoms. The summed E-state index contributed by atoms with van der Waals surface area (Å²) in [6.07, 6.45) is 0. The van der Waals surface area contributed by atoms with E-state index < -0.39 is 16.0 Å². The average Bonchev–Trinajstić information content (AvgIpc) is 2.50. The molecule has 2 aromatic carbocycles. The van der Waals surface area contributed by atoms with Crippen LogP contribution in [0.4, 0.5) is 5.69 Å². The largest absolute Gasteiger partial charge is 0.465 e. The molecular formula is C15H13Cl2NO4S. The van der Waals surface area contributed by atoms with Gasteiger partial charge in [0.1, 0.15) is 0 Å². The molecule has 2 aromatic rings. The predicted octanol–water partition coefficient (Wildman–Crippen LogP) is 3.72. The molecule has 2 rings (SSSR count). The average molecular weight is 374 g/mol. The van der Waals surface area contributed by atoms with Crippen LogP contribution in [0, 0.1) is 0 Å². The molecule has 0 aliphatic carbocycles. The van der Waals surface area contributed by atoms with Crippen LogP contribution in [0.5, 0.6) is 0 Å². The molecule has 0 aromatic heterocycles. The molecule has 0 heterocycles. The van der Waals surface area contributed by atoms with Crippen molar-refractivity contribution < 1.29 is 17.9 Å². The molecule has 0 fully saturated rings. The van der Waals surface area contributed by atoms with E-state index in [4.69, 9.17) is 23.2 Å². The minimum Gasteiger partial charge on any atom is -0.465 e. The molecule has 8 heteroatoms. The van der Waals surface area contributed by atoms with Gasteiger partial charge in [0.05, 0.1) is 29.1 Å². The fourth-order valence-corrected chi connectivity index (χ4v) is 3.45. The lowest BCUT2D eigenvalue weighted by atomic mass is 10.1. The Morgan fingerprint density at radius 3 is 2.39 bits per heavy atom. The van der Waals surface area contributed by atoms with Gasteiger partial charge in [-0.25, -0.2) is 13.2 Å². The second-order valence-electron chi connectivity index (χ2n) is 4.67. The number of benzene rings is 2. The van der Waals surface area contributed by atoms with Gasteiger partial charge in [-0.3, -0.25) is 4.72 Å². The Morgan fingerprint density at radius 1 is 1.13 bits per heavy atom. The minimum absolute atomic E-state index is 0.213. The van der Waals surface area contributed by atoms with Crippen molar-refractivity contribution in [1.82, 2.24) is 0 Å². The second-order valence-corrected chi connectivity index (χ2v) is 7.24. The van der Waals surface area contributed by atoms with E-state index in [1.165, 1.54) is 31.4 Å². The van der Waals surface area contributed by atoms with Gasteiger partial charge in [-0.1, -0.05) is 35.3 Å². The smallest absolute Gasteiger partial charge is 0.337 e. The number of carbonyl (C=O) groups excluding carboxylic acids is 1. The molecule has 0 atom stereocenters. The maximum Gasteiger partial charge on any atom is 0.337 e. The molecule has 0 bridgehead atoms. The number of anilines is 1. The van der Waals surface area contributed by atoms with E-state index in [-0.39, 0.29) is 16.5 Å². The molecule has 0 radical (unpaired) electrons. The highest BCUT2D eigenvalue weighted by Gasteiger charge is 2.15. The highest BCUT2D eigenvalue weighted by Crippen LogP contribution is 2.26. The zero-order valence-corrected chi connectivity index (χ0v) is 14.4. The van der Waals surface area contributed by atoms with Gasteiger partial charge in [0.2, 0.25) is 10.0 Å². The first-order valence-electron chi connectivity index (χ1n) is 6.43. The van der Waals surface area contributed by atoms with Crippen molar-refractivity contribution in [2.24, 2.45) is 0 Å². The van der Waals surface area contributed by atoms with Crippen molar-refractivity contribution in [3.8, 4) is 0 Å². The molecule has 0 saturated heterocycles. The zero-order valence-electron chi connectivity index (χ0n) is 12.0. The lowest BCUT2D eigenvalue weighted by molar-refractivity contribution is 0.0600. The second kappa shape index (κ2) is 7.21. The van der Waals surface area contributed by atoms with Crippen LogP contribution >= 0.6 is 23.2 Å². The Bertz CT molecular complexity index is 820. The van der Waals surface area contributed by atoms with Crippen molar-refractivity contribution in [3.05, 3.63) is 63.6 Å². The normalized spacial score (nSPS) is 11.1. The first-order valence-corrected chi connectivity index (χ1v) is 8.84. The Hall–Kier alpha value is -1.76. The van der Waals surface area contributed by atoms with Gasteiger partial charge < -0.3 is 4.74 Å². The van der Waals surface area contributed by atoms with E-state index in [2.05, 4.69) is 9.46 Å². The maximum atomic E-state index is 12.2. The van der Waals surface area contributed by atoms with Crippen LogP contribution < -0.4 is 4.72 Å². The van der Waals surface area contributed by atoms with Crippen molar-refractivity contribution in [3.63, 3.8) is 0 Å². The van der Waals surface area contributed by atoms with Crippen LogP contribution in [0.15, 0.2) is 42.5 Å². The van der Waals surface area contributed by atoms with Crippen molar-refractivity contribution in [1.29, 1.82) is 0 Å². The van der Waals surface area contributed by atoms with Gasteiger partial charge in [-0.2, -0.15) is 0 Å². The van der Waals surface area contributed by atoms with Crippen LogP contribution in [0.1, 0.15) is 15.9 Å². The third kappa shape index (κ3) is 4.86. The van der Waals surface area contributed by atoms with E-state index in [0.29, 0.717) is 16.1 Å². The Morgan fingerprint density at radius 2 is 1.78 bits per heavy atom. The fraction of sp³-hybridized carbons (Fsp3) is 0.133. The van der Waals surface area contributed by atoms with Crippen LogP contribution in [-0.4, -0.2) is 21.5 Å². The monoisotopic (exact) mass is 373 g/mol. The Labute approximate surface area is 144 Å². The lowest BCUT2D eigenvalue weighted by Gasteiger charge is -2.10. The highest BCUT2D eigenvalue weighted by molar-refractivity contribution is 7.91. The Kier molecular flexibility index (Phi) is 5.51. The summed E-state index contributed by atoms with van der Waals surface area (Å²) < 4.78 is 31.4. The summed E-state index contributed by atoms with van der Waals surface area (Å²) in [4.78, 5) is 11.3. The van der Waals surface area contributed by atoms with E-state index in [1.54, 1.807) is 18.2 Å². The van der Waals surface area contributed by atoms with Gasteiger partial charge in [-0.15, -0.1) is 0 Å². The molecule has 0 spiro atoms. The van der Waals surface area contributed by atoms with E-state index >= 15 is 0 Å². The van der Waals surface area contributed by atoms with Gasteiger partial charge in [0.25, 0.3) is 0 Å². The number of halogens is 2. The number of esters is 1. The van der Waals surface area contributed by atoms with E-state index in [0.717, 1.165) is 0 Å². The molecule has 0 unspecified atom stereocenters. The van der Waals surface area contributed by atoms with Crippen LogP contribution in [-0.2, 0) is 20.5 Å². The third-order valence-corrected chi connectivity index (χ3v) is 4.73. The summed E-state index contributed by atoms with van der Waals surface area (Å²) in [7, 11) is -2.40. The molecule has 0 aliphatic rings. The standard InChI is InChI=1S/C15H13Cl2NO4S/c1-22-15(19)11-4-2-10(3-5-11)9-23(20,21)18-14-8-12(16)6-7-13(14)17/h2-8,18H,9H2,1H3. The van der Waals surface area contributed by atoms with Crippen molar-refractivity contribution in [2.75, 3.05) is 11.8 Å². The SMILES string of the molecule is COC(=O)c1ccc(CS(=O)(=O)Nc2cc(Cl)ccc2Cl)cc1. The van der Waals surface area contributed by atoms with E-state index in [1.807, 2.05) is 0 Å². The number of hydrogen-bond donors (Lipinski definition) is 1. The van der Waals surface area contributed by atoms with E-state index in [9.17, 15) is 13.2 Å².